The van der Waals surface area contributed by atoms with Gasteiger partial charge in [-0.1, -0.05) is 12.1 Å². The average Bonchev–Trinajstić information content (AvgIpc) is 3.62. The first-order valence-electron chi connectivity index (χ1n) is 16.7. The molecule has 1 fully saturated rings. The Morgan fingerprint density at radius 3 is 2.38 bits per heavy atom. The summed E-state index contributed by atoms with van der Waals surface area (Å²) in [7, 11) is 4.34. The molecule has 5 N–H and O–H groups in total. The van der Waals surface area contributed by atoms with E-state index in [1.807, 2.05) is 0 Å². The van der Waals surface area contributed by atoms with Crippen molar-refractivity contribution in [3.63, 3.8) is 0 Å². The fourth-order valence-electron chi connectivity index (χ4n) is 7.64. The maximum atomic E-state index is 13.9. The van der Waals surface area contributed by atoms with Crippen molar-refractivity contribution in [1.82, 2.24) is 5.32 Å². The van der Waals surface area contributed by atoms with Crippen LogP contribution in [0.15, 0.2) is 24.3 Å². The van der Waals surface area contributed by atoms with E-state index in [1.54, 1.807) is 13.0 Å². The van der Waals surface area contributed by atoms with Gasteiger partial charge in [0.05, 0.1) is 56.3 Å². The van der Waals surface area contributed by atoms with E-state index < -0.39 is 82.6 Å². The van der Waals surface area contributed by atoms with Crippen LogP contribution in [0.3, 0.4) is 0 Å². The van der Waals surface area contributed by atoms with Crippen LogP contribution in [0.1, 0.15) is 81.3 Å². The molecule has 2 heterocycles. The van der Waals surface area contributed by atoms with Crippen molar-refractivity contribution >= 4 is 17.3 Å². The highest BCUT2D eigenvalue weighted by Crippen LogP contribution is 2.53. The molecule has 0 amide bonds. The third-order valence-electron chi connectivity index (χ3n) is 10.4. The van der Waals surface area contributed by atoms with Crippen LogP contribution in [0.2, 0.25) is 0 Å². The van der Waals surface area contributed by atoms with Gasteiger partial charge in [-0.3, -0.25) is 14.4 Å². The van der Waals surface area contributed by atoms with Crippen molar-refractivity contribution in [3.05, 3.63) is 63.2 Å². The third kappa shape index (κ3) is 5.51. The first kappa shape index (κ1) is 35.5. The third-order valence-corrected chi connectivity index (χ3v) is 10.4. The number of rotatable bonds is 9. The molecule has 15 heteroatoms. The standard InChI is InChI=1S/C37H39NO14/c1-15-29(40)20(38-13-17-9-22(47-4)35-36(34(17)48-5)50-14-49-35)10-24(51-15)52-23-12-37(45,16(2)39)11-19-26(23)33(44)28-27(31(19)42)30(41)18-7-6-8-21(46-3)25(18)32(28)43/h6-9,15,20,23-24,29,38,40,42,44-45H,10-14H2,1-5H3/t15-,20-,23-,24-,29+,37-/m0/s1. The predicted molar refractivity (Wildman–Crippen MR) is 179 cm³/mol. The number of aliphatic hydroxyl groups excluding tert-OH is 1. The van der Waals surface area contributed by atoms with Crippen molar-refractivity contribution in [2.24, 2.45) is 0 Å². The maximum absolute atomic E-state index is 13.9. The quantitative estimate of drug-likeness (QED) is 0.157. The zero-order chi connectivity index (χ0) is 37.2. The monoisotopic (exact) mass is 721 g/mol. The number of aliphatic hydroxyl groups is 2. The number of fused-ring (bicyclic) bond motifs is 4. The van der Waals surface area contributed by atoms with E-state index in [0.717, 1.165) is 0 Å². The summed E-state index contributed by atoms with van der Waals surface area (Å²) in [6.45, 7) is 3.02. The highest BCUT2D eigenvalue weighted by atomic mass is 16.7. The van der Waals surface area contributed by atoms with Gasteiger partial charge in [-0.25, -0.2) is 0 Å². The van der Waals surface area contributed by atoms with Gasteiger partial charge in [-0.2, -0.15) is 0 Å². The minimum absolute atomic E-state index is 0.000711. The van der Waals surface area contributed by atoms with E-state index in [0.29, 0.717) is 28.6 Å². The van der Waals surface area contributed by atoms with Crippen LogP contribution in [0.5, 0.6) is 40.2 Å². The number of methoxy groups -OCH3 is 3. The minimum Gasteiger partial charge on any atom is -0.507 e. The van der Waals surface area contributed by atoms with Gasteiger partial charge in [0.25, 0.3) is 0 Å². The normalized spacial score (nSPS) is 25.9. The molecule has 4 aliphatic rings. The Labute approximate surface area is 297 Å². The molecule has 0 spiro atoms. The molecule has 1 saturated heterocycles. The van der Waals surface area contributed by atoms with Crippen LogP contribution in [0.4, 0.5) is 0 Å². The van der Waals surface area contributed by atoms with E-state index in [9.17, 15) is 34.8 Å². The molecule has 3 aromatic rings. The Morgan fingerprint density at radius 2 is 1.69 bits per heavy atom. The second-order valence-corrected chi connectivity index (χ2v) is 13.3. The van der Waals surface area contributed by atoms with Gasteiger partial charge in [0, 0.05) is 54.1 Å². The lowest BCUT2D eigenvalue weighted by Crippen LogP contribution is -2.54. The van der Waals surface area contributed by atoms with Crippen LogP contribution < -0.4 is 29.0 Å². The average molecular weight is 722 g/mol. The number of ketones is 3. The van der Waals surface area contributed by atoms with Crippen molar-refractivity contribution in [2.45, 2.75) is 75.9 Å². The van der Waals surface area contributed by atoms with Crippen LogP contribution in [0.25, 0.3) is 0 Å². The summed E-state index contributed by atoms with van der Waals surface area (Å²) in [6.07, 6.45) is -4.92. The summed E-state index contributed by atoms with van der Waals surface area (Å²) in [5.74, 6) is -1.63. The summed E-state index contributed by atoms with van der Waals surface area (Å²) in [5.41, 5.74) is -2.58. The van der Waals surface area contributed by atoms with E-state index in [2.05, 4.69) is 5.32 Å². The number of phenols is 2. The molecule has 2 aliphatic carbocycles. The van der Waals surface area contributed by atoms with Crippen molar-refractivity contribution < 1.29 is 68.0 Å². The van der Waals surface area contributed by atoms with Crippen LogP contribution in [0, 0.1) is 0 Å². The molecule has 7 rings (SSSR count). The molecular weight excluding hydrogens is 682 g/mol. The van der Waals surface area contributed by atoms with Gasteiger partial charge in [-0.15, -0.1) is 0 Å². The summed E-state index contributed by atoms with van der Waals surface area (Å²) in [6, 6.07) is 5.55. The first-order chi connectivity index (χ1) is 24.8. The minimum atomic E-state index is -2.06. The molecule has 6 atom stereocenters. The molecule has 0 radical (unpaired) electrons. The van der Waals surface area contributed by atoms with Gasteiger partial charge in [0.1, 0.15) is 22.8 Å². The Balaban J connectivity index is 1.22. The fourth-order valence-corrected chi connectivity index (χ4v) is 7.64. The van der Waals surface area contributed by atoms with E-state index >= 15 is 0 Å². The molecule has 276 valence electrons. The molecular formula is C37H39NO14. The predicted octanol–water partition coefficient (Wildman–Crippen LogP) is 2.61. The van der Waals surface area contributed by atoms with E-state index in [-0.39, 0.29) is 54.2 Å². The molecule has 0 bridgehead atoms. The maximum Gasteiger partial charge on any atom is 0.231 e. The molecule has 0 aromatic heterocycles. The molecule has 15 nitrogen and oxygen atoms in total. The Bertz CT molecular complexity index is 1990. The van der Waals surface area contributed by atoms with Gasteiger partial charge in [0.15, 0.2) is 29.4 Å². The number of ether oxygens (including phenoxy) is 7. The zero-order valence-electron chi connectivity index (χ0n) is 29.1. The van der Waals surface area contributed by atoms with Crippen molar-refractivity contribution in [1.29, 1.82) is 0 Å². The lowest BCUT2D eigenvalue weighted by molar-refractivity contribution is -0.249. The number of carbonyl (C=O) groups is 3. The number of carbonyl (C=O) groups excluding carboxylic acids is 3. The highest BCUT2D eigenvalue weighted by Gasteiger charge is 2.49. The highest BCUT2D eigenvalue weighted by molar-refractivity contribution is 6.31. The lowest BCUT2D eigenvalue weighted by Gasteiger charge is -2.43. The smallest absolute Gasteiger partial charge is 0.231 e. The van der Waals surface area contributed by atoms with Gasteiger partial charge < -0.3 is 58.9 Å². The van der Waals surface area contributed by atoms with Gasteiger partial charge in [0.2, 0.25) is 24.1 Å². The lowest BCUT2D eigenvalue weighted by atomic mass is 9.72. The Hall–Kier alpha value is -4.93. The number of benzene rings is 3. The number of hydrogen-bond donors (Lipinski definition) is 5. The van der Waals surface area contributed by atoms with Crippen LogP contribution in [-0.4, -0.2) is 96.0 Å². The molecule has 52 heavy (non-hydrogen) atoms. The molecule has 0 unspecified atom stereocenters. The second kappa shape index (κ2) is 13.2. The fraction of sp³-hybridized carbons (Fsp3) is 0.432. The van der Waals surface area contributed by atoms with Crippen molar-refractivity contribution in [3.8, 4) is 40.2 Å². The molecule has 2 aliphatic heterocycles. The molecule has 0 saturated carbocycles. The van der Waals surface area contributed by atoms with Gasteiger partial charge in [-0.05, 0) is 26.0 Å². The number of aromatic hydroxyl groups is 2. The van der Waals surface area contributed by atoms with E-state index in [1.165, 1.54) is 46.5 Å². The topological polar surface area (TPSA) is 209 Å². The van der Waals surface area contributed by atoms with Gasteiger partial charge >= 0.3 is 0 Å². The van der Waals surface area contributed by atoms with Crippen LogP contribution in [-0.2, 0) is 27.2 Å². The summed E-state index contributed by atoms with van der Waals surface area (Å²) in [5, 5.41) is 49.4. The second-order valence-electron chi connectivity index (χ2n) is 13.3. The number of Topliss-reactive ketones (excluding diaryl/α,β-unsaturated/α-hetero) is 1. The SMILES string of the molecule is COc1cc(CN[C@H]2C[C@H](O[C@H]3C[C@](O)(C(C)=O)Cc4c(O)c5c(c(O)c43)C(=O)c3c(OC)cccc3C5=O)O[C@@H](C)[C@H]2O)c(OC)c2c1OCO2. The summed E-state index contributed by atoms with van der Waals surface area (Å²) < 4.78 is 40.0. The Morgan fingerprint density at radius 1 is 0.981 bits per heavy atom. The Kier molecular flexibility index (Phi) is 9.03. The zero-order valence-corrected chi connectivity index (χ0v) is 29.1. The van der Waals surface area contributed by atoms with Crippen LogP contribution >= 0.6 is 0 Å². The number of nitrogens with one attached hydrogen (secondary N) is 1. The summed E-state index contributed by atoms with van der Waals surface area (Å²) >= 11 is 0. The molecule has 3 aromatic carbocycles. The largest absolute Gasteiger partial charge is 0.507 e. The first-order valence-corrected chi connectivity index (χ1v) is 16.7. The van der Waals surface area contributed by atoms with Crippen molar-refractivity contribution in [2.75, 3.05) is 28.1 Å². The summed E-state index contributed by atoms with van der Waals surface area (Å²) in [4.78, 5) is 40.5. The number of phenolic OH excluding ortho intramolecular Hbond substituents is 2. The number of hydrogen-bond acceptors (Lipinski definition) is 15. The van der Waals surface area contributed by atoms with E-state index in [4.69, 9.17) is 33.2 Å².